The van der Waals surface area contributed by atoms with Gasteiger partial charge in [-0.1, -0.05) is 114 Å². The van der Waals surface area contributed by atoms with E-state index in [1.807, 2.05) is 11.3 Å². The Bertz CT molecular complexity index is 4130. The minimum absolute atomic E-state index is 0.0156. The minimum Gasteiger partial charge on any atom is -0.458 e. The van der Waals surface area contributed by atoms with Crippen molar-refractivity contribution in [3.8, 4) is 17.2 Å². The van der Waals surface area contributed by atoms with Crippen LogP contribution in [0.4, 0.5) is 17.1 Å². The summed E-state index contributed by atoms with van der Waals surface area (Å²) in [4.78, 5) is 2.55. The molecule has 0 spiro atoms. The van der Waals surface area contributed by atoms with Crippen molar-refractivity contribution < 1.29 is 9.15 Å². The van der Waals surface area contributed by atoms with Crippen LogP contribution in [0.1, 0.15) is 58.2 Å². The zero-order chi connectivity index (χ0) is 45.4. The number of nitrogens with zero attached hydrogens (tertiary/aromatic N) is 3. The van der Waals surface area contributed by atoms with Gasteiger partial charge in [-0.2, -0.15) is 0 Å². The first kappa shape index (κ1) is 39.0. The van der Waals surface area contributed by atoms with Crippen molar-refractivity contribution >= 4 is 126 Å². The Morgan fingerprint density at radius 3 is 1.99 bits per heavy atom. The molecule has 0 N–H and O–H groups in total. The smallest absolute Gasteiger partial charge is 0.269 e. The Morgan fingerprint density at radius 1 is 0.552 bits per heavy atom. The van der Waals surface area contributed by atoms with Crippen LogP contribution in [0.3, 0.4) is 0 Å². The van der Waals surface area contributed by atoms with Crippen LogP contribution in [0.5, 0.6) is 11.5 Å². The fraction of sp³-hybridized carbons (Fsp3) is 0.167. The summed E-state index contributed by atoms with van der Waals surface area (Å²) in [5, 5.41) is 8.27. The fourth-order valence-electron chi connectivity index (χ4n) is 11.7. The molecule has 0 atom stereocenters. The lowest BCUT2D eigenvalue weighted by molar-refractivity contribution is 0.487. The van der Waals surface area contributed by atoms with E-state index in [0.29, 0.717) is 0 Å². The standard InChI is InChI=1S/C60H48BN3O2S/c1-33-29-45-53-48(30-33)65-49-32-46(64-43-19-13-10-17-40(43)51-44(64)27-26-38-37-15-11-14-20-47(37)66-57(38)51)56-52(39-16-9-12-18-42(39)62(56)8)54(49)61(53)58-55(41-31-35(60(5,6)7)23-28-50(41)67-58)63(45)36-24-21-34(22-25-36)59(2,3)4/h9-32H,1-8H3. The molecule has 0 amide bonds. The average Bonchev–Trinajstić information content (AvgIpc) is 4.06. The molecule has 0 saturated carbocycles. The molecule has 2 aliphatic rings. The molecule has 6 heterocycles. The molecule has 8 aromatic carbocycles. The number of hydrogen-bond acceptors (Lipinski definition) is 4. The first-order valence-corrected chi connectivity index (χ1v) is 24.3. The van der Waals surface area contributed by atoms with E-state index in [4.69, 9.17) is 9.15 Å². The summed E-state index contributed by atoms with van der Waals surface area (Å²) in [6.45, 7) is 16.0. The second-order valence-electron chi connectivity index (χ2n) is 21.0. The lowest BCUT2D eigenvalue weighted by Gasteiger charge is -2.39. The van der Waals surface area contributed by atoms with Gasteiger partial charge >= 0.3 is 0 Å². The molecule has 0 aliphatic carbocycles. The molecule has 0 bridgehead atoms. The van der Waals surface area contributed by atoms with Crippen LogP contribution in [0.15, 0.2) is 150 Å². The van der Waals surface area contributed by atoms with Crippen LogP contribution in [-0.4, -0.2) is 15.8 Å². The molecule has 0 unspecified atom stereocenters. The number of aromatic nitrogens is 2. The molecule has 0 saturated heterocycles. The number of thiophene rings is 1. The van der Waals surface area contributed by atoms with Crippen molar-refractivity contribution in [2.75, 3.05) is 4.90 Å². The first-order valence-electron chi connectivity index (χ1n) is 23.5. The zero-order valence-electron chi connectivity index (χ0n) is 39.0. The zero-order valence-corrected chi connectivity index (χ0v) is 39.8. The molecule has 14 rings (SSSR count). The highest BCUT2D eigenvalue weighted by Gasteiger charge is 2.46. The predicted molar refractivity (Wildman–Crippen MR) is 285 cm³/mol. The topological polar surface area (TPSA) is 35.5 Å². The van der Waals surface area contributed by atoms with Crippen LogP contribution >= 0.6 is 11.3 Å². The van der Waals surface area contributed by atoms with Gasteiger partial charge in [0, 0.05) is 71.8 Å². The van der Waals surface area contributed by atoms with Crippen LogP contribution < -0.4 is 25.3 Å². The monoisotopic (exact) mass is 885 g/mol. The third-order valence-corrected chi connectivity index (χ3v) is 16.1. The summed E-state index contributed by atoms with van der Waals surface area (Å²) in [5.41, 5.74) is 17.4. The Hall–Kier alpha value is -7.22. The molecule has 0 radical (unpaired) electrons. The lowest BCUT2D eigenvalue weighted by atomic mass is 9.36. The average molecular weight is 886 g/mol. The molecule has 2 aliphatic heterocycles. The van der Waals surface area contributed by atoms with E-state index < -0.39 is 0 Å². The van der Waals surface area contributed by atoms with Crippen molar-refractivity contribution in [1.29, 1.82) is 0 Å². The minimum atomic E-state index is -0.0828. The van der Waals surface area contributed by atoms with Crippen LogP contribution in [0.2, 0.25) is 0 Å². The molecular weight excluding hydrogens is 838 g/mol. The van der Waals surface area contributed by atoms with E-state index >= 15 is 0 Å². The van der Waals surface area contributed by atoms with Crippen molar-refractivity contribution in [3.05, 3.63) is 162 Å². The number of hydrogen-bond donors (Lipinski definition) is 0. The third kappa shape index (κ3) is 5.26. The Kier molecular flexibility index (Phi) is 7.70. The van der Waals surface area contributed by atoms with Crippen molar-refractivity contribution in [3.63, 3.8) is 0 Å². The summed E-state index contributed by atoms with van der Waals surface area (Å²) in [5.74, 6) is 1.81. The Labute approximate surface area is 393 Å². The molecule has 12 aromatic rings. The number of ether oxygens (including phenoxy) is 1. The Balaban J connectivity index is 1.11. The first-order chi connectivity index (χ1) is 32.3. The second kappa shape index (κ2) is 13.2. The molecule has 4 aromatic heterocycles. The van der Waals surface area contributed by atoms with Gasteiger partial charge in [0.25, 0.3) is 6.71 Å². The van der Waals surface area contributed by atoms with Gasteiger partial charge in [0.1, 0.15) is 22.7 Å². The summed E-state index contributed by atoms with van der Waals surface area (Å²) in [6.07, 6.45) is 0. The molecular formula is C60H48BN3O2S. The summed E-state index contributed by atoms with van der Waals surface area (Å²) in [7, 11) is 2.24. The maximum atomic E-state index is 7.48. The number of benzene rings is 8. The number of furan rings is 1. The van der Waals surface area contributed by atoms with E-state index in [0.717, 1.165) is 72.2 Å². The van der Waals surface area contributed by atoms with Gasteiger partial charge in [-0.3, -0.25) is 0 Å². The third-order valence-electron chi connectivity index (χ3n) is 14.9. The molecule has 324 valence electrons. The molecule has 67 heavy (non-hydrogen) atoms. The highest BCUT2D eigenvalue weighted by atomic mass is 32.1. The van der Waals surface area contributed by atoms with E-state index in [1.54, 1.807) is 0 Å². The maximum absolute atomic E-state index is 7.48. The van der Waals surface area contributed by atoms with Gasteiger partial charge in [0.05, 0.1) is 33.3 Å². The number of para-hydroxylation sites is 3. The fourth-order valence-corrected chi connectivity index (χ4v) is 13.0. The van der Waals surface area contributed by atoms with Gasteiger partial charge in [0.15, 0.2) is 0 Å². The van der Waals surface area contributed by atoms with Crippen molar-refractivity contribution in [2.24, 2.45) is 7.05 Å². The largest absolute Gasteiger partial charge is 0.458 e. The maximum Gasteiger partial charge on any atom is 0.269 e. The van der Waals surface area contributed by atoms with Crippen molar-refractivity contribution in [1.82, 2.24) is 9.13 Å². The Morgan fingerprint density at radius 2 is 1.22 bits per heavy atom. The molecule has 5 nitrogen and oxygen atoms in total. The van der Waals surface area contributed by atoms with E-state index in [-0.39, 0.29) is 17.5 Å². The van der Waals surface area contributed by atoms with Crippen LogP contribution in [-0.2, 0) is 17.9 Å². The quantitative estimate of drug-likeness (QED) is 0.162. The number of aryl methyl sites for hydroxylation is 2. The lowest BCUT2D eigenvalue weighted by Crippen LogP contribution is -2.58. The summed E-state index contributed by atoms with van der Waals surface area (Å²) in [6, 6.07) is 54.1. The SMILES string of the molecule is Cc1cc2c3c(c1)N(c1ccc(C(C)(C)C)cc1)c1c(sc4ccc(C(C)(C)C)cc14)B3c1c(cc(-n3c4ccccc4c4c5oc6ccccc6c5ccc43)c3c1c1ccccc1n3C)O2. The summed E-state index contributed by atoms with van der Waals surface area (Å²) < 4.78 is 21.8. The number of fused-ring (bicyclic) bond motifs is 17. The summed E-state index contributed by atoms with van der Waals surface area (Å²) >= 11 is 1.94. The number of rotatable bonds is 2. The highest BCUT2D eigenvalue weighted by Crippen LogP contribution is 2.50. The van der Waals surface area contributed by atoms with E-state index in [9.17, 15) is 0 Å². The van der Waals surface area contributed by atoms with Gasteiger partial charge < -0.3 is 23.2 Å². The normalized spacial score (nSPS) is 13.7. The van der Waals surface area contributed by atoms with Gasteiger partial charge in [0.2, 0.25) is 0 Å². The van der Waals surface area contributed by atoms with Crippen molar-refractivity contribution in [2.45, 2.75) is 59.3 Å². The predicted octanol–water partition coefficient (Wildman–Crippen LogP) is 14.9. The molecule has 0 fully saturated rings. The van der Waals surface area contributed by atoms with Gasteiger partial charge in [-0.25, -0.2) is 0 Å². The highest BCUT2D eigenvalue weighted by molar-refractivity contribution is 7.33. The van der Waals surface area contributed by atoms with Gasteiger partial charge in [-0.05, 0) is 112 Å². The van der Waals surface area contributed by atoms with Crippen LogP contribution in [0, 0.1) is 6.92 Å². The van der Waals surface area contributed by atoms with E-state index in [1.165, 1.54) is 70.1 Å². The second-order valence-corrected chi connectivity index (χ2v) is 22.1. The van der Waals surface area contributed by atoms with Crippen LogP contribution in [0.25, 0.3) is 81.3 Å². The van der Waals surface area contributed by atoms with Gasteiger partial charge in [-0.15, -0.1) is 11.3 Å². The van der Waals surface area contributed by atoms with E-state index in [2.05, 4.69) is 215 Å². The number of anilines is 3. The molecule has 7 heteroatoms.